The number of likely N-dealkylation sites (N-methyl/N-ethyl adjacent to an activating group) is 1. The minimum Gasteiger partial charge on any atom is -0.372 e. The zero-order valence-electron chi connectivity index (χ0n) is 16.9. The number of hydrogen-bond donors (Lipinski definition) is 0. The number of epoxide rings is 1. The molecule has 0 bridgehead atoms. The van der Waals surface area contributed by atoms with Crippen molar-refractivity contribution in [2.45, 2.75) is 116 Å². The summed E-state index contributed by atoms with van der Waals surface area (Å²) in [5, 5.41) is 0. The van der Waals surface area contributed by atoms with Gasteiger partial charge < -0.3 is 9.64 Å². The van der Waals surface area contributed by atoms with Crippen molar-refractivity contribution in [2.75, 3.05) is 26.7 Å². The van der Waals surface area contributed by atoms with Crippen molar-refractivity contribution >= 4 is 0 Å². The lowest BCUT2D eigenvalue weighted by molar-refractivity contribution is 0.278. The van der Waals surface area contributed by atoms with Gasteiger partial charge in [0.15, 0.2) is 0 Å². The maximum Gasteiger partial charge on any atom is 0.0936 e. The zero-order valence-corrected chi connectivity index (χ0v) is 16.9. The molecule has 24 heavy (non-hydrogen) atoms. The molecule has 1 saturated heterocycles. The fourth-order valence-corrected chi connectivity index (χ4v) is 3.54. The van der Waals surface area contributed by atoms with E-state index in [1.165, 1.54) is 109 Å². The molecule has 0 aromatic heterocycles. The second-order valence-corrected chi connectivity index (χ2v) is 8.02. The van der Waals surface area contributed by atoms with E-state index in [1.54, 1.807) is 0 Å². The Morgan fingerprint density at radius 1 is 0.667 bits per heavy atom. The summed E-state index contributed by atoms with van der Waals surface area (Å²) in [6.07, 6.45) is 23.7. The Labute approximate surface area is 152 Å². The maximum absolute atomic E-state index is 5.27. The van der Waals surface area contributed by atoms with Crippen molar-refractivity contribution in [3.05, 3.63) is 0 Å². The van der Waals surface area contributed by atoms with Crippen molar-refractivity contribution in [1.82, 2.24) is 4.90 Å². The van der Waals surface area contributed by atoms with Gasteiger partial charge >= 0.3 is 0 Å². The first-order valence-corrected chi connectivity index (χ1v) is 11.1. The third kappa shape index (κ3) is 15.4. The quantitative estimate of drug-likeness (QED) is 0.195. The number of ether oxygens (including phenoxy) is 1. The van der Waals surface area contributed by atoms with Crippen LogP contribution in [0.25, 0.3) is 0 Å². The molecule has 1 rings (SSSR count). The van der Waals surface area contributed by atoms with Crippen LogP contribution >= 0.6 is 0 Å². The van der Waals surface area contributed by atoms with Crippen LogP contribution in [0.3, 0.4) is 0 Å². The van der Waals surface area contributed by atoms with Crippen molar-refractivity contribution in [2.24, 2.45) is 0 Å². The van der Waals surface area contributed by atoms with Crippen LogP contribution in [0.2, 0.25) is 0 Å². The van der Waals surface area contributed by atoms with Gasteiger partial charge in [0, 0.05) is 6.54 Å². The largest absolute Gasteiger partial charge is 0.372 e. The van der Waals surface area contributed by atoms with Gasteiger partial charge in [0.2, 0.25) is 0 Å². The van der Waals surface area contributed by atoms with E-state index in [1.807, 2.05) is 0 Å². The molecule has 0 saturated carbocycles. The number of rotatable bonds is 19. The third-order valence-electron chi connectivity index (χ3n) is 5.31. The van der Waals surface area contributed by atoms with E-state index >= 15 is 0 Å². The second-order valence-electron chi connectivity index (χ2n) is 8.02. The first kappa shape index (κ1) is 22.0. The van der Waals surface area contributed by atoms with E-state index in [-0.39, 0.29) is 0 Å². The van der Waals surface area contributed by atoms with Gasteiger partial charge in [-0.1, -0.05) is 103 Å². The van der Waals surface area contributed by atoms with E-state index in [0.717, 1.165) is 13.2 Å². The Kier molecular flexibility index (Phi) is 15.0. The molecule has 0 aromatic carbocycles. The molecule has 144 valence electrons. The van der Waals surface area contributed by atoms with E-state index in [9.17, 15) is 0 Å². The molecule has 0 amide bonds. The van der Waals surface area contributed by atoms with Crippen molar-refractivity contribution in [1.29, 1.82) is 0 Å². The third-order valence-corrected chi connectivity index (χ3v) is 5.31. The molecular weight excluding hydrogens is 294 g/mol. The molecule has 1 heterocycles. The molecule has 0 aromatic rings. The van der Waals surface area contributed by atoms with Crippen molar-refractivity contribution in [3.63, 3.8) is 0 Å². The monoisotopic (exact) mass is 339 g/mol. The van der Waals surface area contributed by atoms with Crippen LogP contribution in [0, 0.1) is 0 Å². The topological polar surface area (TPSA) is 15.8 Å². The molecular formula is C22H45NO. The Bertz CT molecular complexity index is 252. The van der Waals surface area contributed by atoms with Crippen LogP contribution in [0.1, 0.15) is 110 Å². The van der Waals surface area contributed by atoms with Gasteiger partial charge in [0.25, 0.3) is 0 Å². The Hall–Kier alpha value is -0.0800. The number of nitrogens with zero attached hydrogens (tertiary/aromatic N) is 1. The molecule has 0 aliphatic carbocycles. The molecule has 2 heteroatoms. The smallest absolute Gasteiger partial charge is 0.0936 e. The van der Waals surface area contributed by atoms with Crippen LogP contribution in [-0.4, -0.2) is 37.7 Å². The first-order valence-electron chi connectivity index (χ1n) is 11.1. The molecule has 0 N–H and O–H groups in total. The van der Waals surface area contributed by atoms with Gasteiger partial charge in [-0.2, -0.15) is 0 Å². The van der Waals surface area contributed by atoms with E-state index in [2.05, 4.69) is 18.9 Å². The molecule has 2 nitrogen and oxygen atoms in total. The lowest BCUT2D eigenvalue weighted by Gasteiger charge is -2.14. The summed E-state index contributed by atoms with van der Waals surface area (Å²) in [7, 11) is 2.23. The van der Waals surface area contributed by atoms with Crippen LogP contribution < -0.4 is 0 Å². The molecule has 1 fully saturated rings. The highest BCUT2D eigenvalue weighted by atomic mass is 16.6. The maximum atomic E-state index is 5.27. The summed E-state index contributed by atoms with van der Waals surface area (Å²) < 4.78 is 5.27. The van der Waals surface area contributed by atoms with Gasteiger partial charge in [-0.15, -0.1) is 0 Å². The van der Waals surface area contributed by atoms with Crippen LogP contribution in [-0.2, 0) is 4.74 Å². The Morgan fingerprint density at radius 2 is 1.04 bits per heavy atom. The summed E-state index contributed by atoms with van der Waals surface area (Å²) in [5.74, 6) is 0. The fourth-order valence-electron chi connectivity index (χ4n) is 3.54. The highest BCUT2D eigenvalue weighted by molar-refractivity contribution is 4.72. The van der Waals surface area contributed by atoms with E-state index < -0.39 is 0 Å². The first-order chi connectivity index (χ1) is 11.8. The summed E-state index contributed by atoms with van der Waals surface area (Å²) in [4.78, 5) is 2.43. The van der Waals surface area contributed by atoms with E-state index in [4.69, 9.17) is 4.74 Å². The molecule has 1 aliphatic heterocycles. The minimum atomic E-state index is 0.552. The Morgan fingerprint density at radius 3 is 1.42 bits per heavy atom. The van der Waals surface area contributed by atoms with Crippen molar-refractivity contribution < 1.29 is 4.74 Å². The average molecular weight is 340 g/mol. The highest BCUT2D eigenvalue weighted by Gasteiger charge is 2.23. The molecule has 1 atom stereocenters. The summed E-state index contributed by atoms with van der Waals surface area (Å²) in [6, 6.07) is 0. The van der Waals surface area contributed by atoms with Crippen molar-refractivity contribution in [3.8, 4) is 0 Å². The number of unbranched alkanes of at least 4 members (excludes halogenated alkanes) is 15. The summed E-state index contributed by atoms with van der Waals surface area (Å²) >= 11 is 0. The predicted molar refractivity (Wildman–Crippen MR) is 107 cm³/mol. The van der Waals surface area contributed by atoms with Gasteiger partial charge in [0.05, 0.1) is 12.7 Å². The highest BCUT2D eigenvalue weighted by Crippen LogP contribution is 2.14. The van der Waals surface area contributed by atoms with Gasteiger partial charge in [0.1, 0.15) is 0 Å². The SMILES string of the molecule is CCCCCCCCCCCCCCCCCCN(C)CC1CO1. The summed E-state index contributed by atoms with van der Waals surface area (Å²) in [5.41, 5.74) is 0. The fraction of sp³-hybridized carbons (Fsp3) is 1.00. The van der Waals surface area contributed by atoms with Crippen LogP contribution in [0.15, 0.2) is 0 Å². The number of hydrogen-bond acceptors (Lipinski definition) is 2. The second kappa shape index (κ2) is 16.4. The lowest BCUT2D eigenvalue weighted by Crippen LogP contribution is -2.24. The lowest BCUT2D eigenvalue weighted by atomic mass is 10.0. The van der Waals surface area contributed by atoms with Gasteiger partial charge in [-0.05, 0) is 20.0 Å². The van der Waals surface area contributed by atoms with Gasteiger partial charge in [-0.3, -0.25) is 0 Å². The molecule has 1 aliphatic rings. The summed E-state index contributed by atoms with van der Waals surface area (Å²) in [6.45, 7) is 5.67. The Balaban J connectivity index is 1.64. The van der Waals surface area contributed by atoms with Crippen LogP contribution in [0.5, 0.6) is 0 Å². The van der Waals surface area contributed by atoms with E-state index in [0.29, 0.717) is 6.10 Å². The predicted octanol–water partition coefficient (Wildman–Crippen LogP) is 6.58. The molecule has 0 spiro atoms. The normalized spacial score (nSPS) is 16.9. The minimum absolute atomic E-state index is 0.552. The standard InChI is InChI=1S/C22H45NO/c1-3-4-5-6-7-8-9-10-11-12-13-14-15-16-17-18-19-23(2)20-22-21-24-22/h22H,3-21H2,1-2H3. The zero-order chi connectivity index (χ0) is 17.3. The van der Waals surface area contributed by atoms with Gasteiger partial charge in [-0.25, -0.2) is 0 Å². The molecule has 0 radical (unpaired) electrons. The van der Waals surface area contributed by atoms with Crippen LogP contribution in [0.4, 0.5) is 0 Å². The molecule has 1 unspecified atom stereocenters. The average Bonchev–Trinajstić information content (AvgIpc) is 3.38.